The summed E-state index contributed by atoms with van der Waals surface area (Å²) in [5.74, 6) is 0.0945. The lowest BCUT2D eigenvalue weighted by Crippen LogP contribution is -2.42. The molecule has 3 heterocycles. The Bertz CT molecular complexity index is 1310. The van der Waals surface area contributed by atoms with Crippen molar-refractivity contribution in [3.05, 3.63) is 70.7 Å². The Morgan fingerprint density at radius 2 is 1.91 bits per heavy atom. The predicted octanol–water partition coefficient (Wildman–Crippen LogP) is 2.76. The van der Waals surface area contributed by atoms with E-state index in [1.54, 1.807) is 30.5 Å². The number of hydrogen-bond acceptors (Lipinski definition) is 7. The van der Waals surface area contributed by atoms with Gasteiger partial charge < -0.3 is 14.2 Å². The number of carbonyl (C=O) groups is 2. The molecule has 0 radical (unpaired) electrons. The van der Waals surface area contributed by atoms with Crippen LogP contribution in [0.2, 0.25) is 0 Å². The fourth-order valence-electron chi connectivity index (χ4n) is 4.29. The molecule has 1 unspecified atom stereocenters. The lowest BCUT2D eigenvalue weighted by atomic mass is 10.1. The number of hydrogen-bond donors (Lipinski definition) is 0. The molecule has 34 heavy (non-hydrogen) atoms. The van der Waals surface area contributed by atoms with Crippen LogP contribution >= 0.6 is 0 Å². The van der Waals surface area contributed by atoms with Crippen LogP contribution in [0.3, 0.4) is 0 Å². The molecule has 1 saturated heterocycles. The number of benzene rings is 1. The Balaban J connectivity index is 1.49. The topological polar surface area (TPSA) is 112 Å². The molecule has 0 N–H and O–H groups in total. The van der Waals surface area contributed by atoms with E-state index in [-0.39, 0.29) is 18.1 Å². The first-order valence-electron chi connectivity index (χ1n) is 11.0. The number of esters is 1. The average Bonchev–Trinajstić information content (AvgIpc) is 3.47. The maximum absolute atomic E-state index is 13.1. The molecule has 1 atom stereocenters. The first kappa shape index (κ1) is 23.7. The number of amides is 1. The van der Waals surface area contributed by atoms with Crippen LogP contribution in [0.15, 0.2) is 47.0 Å². The smallest absolute Gasteiger partial charge is 0.340 e. The van der Waals surface area contributed by atoms with Crippen molar-refractivity contribution >= 4 is 21.7 Å². The quantitative estimate of drug-likeness (QED) is 0.473. The fourth-order valence-corrected chi connectivity index (χ4v) is 6.02. The van der Waals surface area contributed by atoms with Gasteiger partial charge >= 0.3 is 5.97 Å². The van der Waals surface area contributed by atoms with E-state index in [1.807, 2.05) is 37.3 Å². The molecule has 1 aliphatic rings. The number of sulfone groups is 1. The zero-order valence-corrected chi connectivity index (χ0v) is 20.2. The lowest BCUT2D eigenvalue weighted by Gasteiger charge is -2.28. The second-order valence-electron chi connectivity index (χ2n) is 8.56. The van der Waals surface area contributed by atoms with Crippen LogP contribution in [0.5, 0.6) is 0 Å². The van der Waals surface area contributed by atoms with Crippen molar-refractivity contribution in [3.63, 3.8) is 0 Å². The third-order valence-electron chi connectivity index (χ3n) is 5.99. The van der Waals surface area contributed by atoms with Gasteiger partial charge in [0.05, 0.1) is 17.1 Å². The minimum Gasteiger partial charge on any atom is -0.452 e. The van der Waals surface area contributed by atoms with Crippen molar-refractivity contribution in [1.29, 1.82) is 0 Å². The van der Waals surface area contributed by atoms with E-state index < -0.39 is 34.4 Å². The summed E-state index contributed by atoms with van der Waals surface area (Å²) in [6.45, 7) is 5.15. The minimum atomic E-state index is -3.19. The van der Waals surface area contributed by atoms with Crippen molar-refractivity contribution in [2.75, 3.05) is 18.1 Å². The molecule has 0 bridgehead atoms. The number of aromatic nitrogens is 2. The fraction of sp³-hybridized carbons (Fsp3) is 0.375. The summed E-state index contributed by atoms with van der Waals surface area (Å²) in [5.41, 5.74) is 2.58. The van der Waals surface area contributed by atoms with Crippen LogP contribution < -0.4 is 0 Å². The molecular weight excluding hydrogens is 458 g/mol. The summed E-state index contributed by atoms with van der Waals surface area (Å²) in [7, 11) is -3.19. The SMILES string of the molecule is Cc1cc(-n2c(C)cc(C(=O)OCC(=O)N(Cc3ccccc3)C3CCS(=O)(=O)C3)c2C)no1. The normalized spacial score (nSPS) is 17.0. The number of carbonyl (C=O) groups excluding carboxylic acids is 2. The van der Waals surface area contributed by atoms with Gasteiger partial charge in [0.1, 0.15) is 5.76 Å². The van der Waals surface area contributed by atoms with Gasteiger partial charge in [-0.15, -0.1) is 0 Å². The highest BCUT2D eigenvalue weighted by Gasteiger charge is 2.35. The first-order valence-corrected chi connectivity index (χ1v) is 12.8. The second-order valence-corrected chi connectivity index (χ2v) is 10.8. The van der Waals surface area contributed by atoms with Gasteiger partial charge in [-0.1, -0.05) is 35.5 Å². The lowest BCUT2D eigenvalue weighted by molar-refractivity contribution is -0.137. The maximum atomic E-state index is 13.1. The van der Waals surface area contributed by atoms with Crippen molar-refractivity contribution in [1.82, 2.24) is 14.6 Å². The van der Waals surface area contributed by atoms with E-state index in [2.05, 4.69) is 5.16 Å². The summed E-state index contributed by atoms with van der Waals surface area (Å²) in [4.78, 5) is 27.4. The van der Waals surface area contributed by atoms with E-state index in [4.69, 9.17) is 9.26 Å². The Kier molecular flexibility index (Phi) is 6.60. The standard InChI is InChI=1S/C24H27N3O6S/c1-16-11-21(18(3)27(16)22-12-17(2)33-25-22)24(29)32-14-23(28)26(13-19-7-5-4-6-8-19)20-9-10-34(30,31)15-20/h4-8,11-12,20H,9-10,13-15H2,1-3H3. The van der Waals surface area contributed by atoms with E-state index >= 15 is 0 Å². The molecule has 0 aliphatic carbocycles. The largest absolute Gasteiger partial charge is 0.452 e. The van der Waals surface area contributed by atoms with Gasteiger partial charge in [0.2, 0.25) is 0 Å². The third kappa shape index (κ3) is 5.06. The van der Waals surface area contributed by atoms with Crippen LogP contribution in [0.1, 0.15) is 39.5 Å². The van der Waals surface area contributed by atoms with Gasteiger partial charge in [-0.2, -0.15) is 0 Å². The molecule has 1 amide bonds. The number of nitrogens with zero attached hydrogens (tertiary/aromatic N) is 3. The molecule has 10 heteroatoms. The average molecular weight is 486 g/mol. The van der Waals surface area contributed by atoms with Gasteiger partial charge in [-0.3, -0.25) is 9.36 Å². The Morgan fingerprint density at radius 3 is 2.53 bits per heavy atom. The highest BCUT2D eigenvalue weighted by atomic mass is 32.2. The summed E-state index contributed by atoms with van der Waals surface area (Å²) in [6.07, 6.45) is 0.368. The maximum Gasteiger partial charge on any atom is 0.340 e. The predicted molar refractivity (Wildman–Crippen MR) is 124 cm³/mol. The van der Waals surface area contributed by atoms with Crippen LogP contribution in [0.4, 0.5) is 0 Å². The Labute approximate surface area is 198 Å². The zero-order valence-electron chi connectivity index (χ0n) is 19.4. The van der Waals surface area contributed by atoms with Crippen molar-refractivity contribution < 1.29 is 27.3 Å². The molecule has 3 aromatic rings. The molecule has 2 aromatic heterocycles. The monoisotopic (exact) mass is 485 g/mol. The minimum absolute atomic E-state index is 0.0452. The van der Waals surface area contributed by atoms with Crippen LogP contribution in [-0.2, 0) is 25.9 Å². The highest BCUT2D eigenvalue weighted by Crippen LogP contribution is 2.23. The number of ether oxygens (including phenoxy) is 1. The third-order valence-corrected chi connectivity index (χ3v) is 7.74. The zero-order chi connectivity index (χ0) is 24.5. The Morgan fingerprint density at radius 1 is 1.18 bits per heavy atom. The van der Waals surface area contributed by atoms with E-state index in [9.17, 15) is 18.0 Å². The summed E-state index contributed by atoms with van der Waals surface area (Å²) in [6, 6.07) is 12.3. The molecule has 9 nitrogen and oxygen atoms in total. The molecule has 180 valence electrons. The van der Waals surface area contributed by atoms with Gasteiger partial charge in [0.25, 0.3) is 5.91 Å². The van der Waals surface area contributed by atoms with Gasteiger partial charge in [0, 0.05) is 30.0 Å². The van der Waals surface area contributed by atoms with Crippen LogP contribution in [-0.4, -0.2) is 59.1 Å². The molecular formula is C24H27N3O6S. The summed E-state index contributed by atoms with van der Waals surface area (Å²) in [5, 5.41) is 4.00. The molecule has 1 aliphatic heterocycles. The molecule has 0 spiro atoms. The van der Waals surface area contributed by atoms with Gasteiger partial charge in [-0.25, -0.2) is 13.2 Å². The number of rotatable bonds is 7. The molecule has 1 fully saturated rings. The Hall–Kier alpha value is -3.40. The van der Waals surface area contributed by atoms with Crippen LogP contribution in [0, 0.1) is 20.8 Å². The summed E-state index contributed by atoms with van der Waals surface area (Å²) < 4.78 is 36.3. The molecule has 4 rings (SSSR count). The first-order chi connectivity index (χ1) is 16.1. The van der Waals surface area contributed by atoms with E-state index in [0.29, 0.717) is 29.3 Å². The van der Waals surface area contributed by atoms with E-state index in [1.165, 1.54) is 4.90 Å². The summed E-state index contributed by atoms with van der Waals surface area (Å²) >= 11 is 0. The highest BCUT2D eigenvalue weighted by molar-refractivity contribution is 7.91. The van der Waals surface area contributed by atoms with Crippen LogP contribution in [0.25, 0.3) is 5.82 Å². The molecule has 0 saturated carbocycles. The van der Waals surface area contributed by atoms with Crippen molar-refractivity contribution in [3.8, 4) is 5.82 Å². The number of aryl methyl sites for hydroxylation is 2. The van der Waals surface area contributed by atoms with Crippen molar-refractivity contribution in [2.24, 2.45) is 0 Å². The van der Waals surface area contributed by atoms with Gasteiger partial charge in [-0.05, 0) is 38.8 Å². The van der Waals surface area contributed by atoms with E-state index in [0.717, 1.165) is 11.3 Å². The second kappa shape index (κ2) is 9.46. The molecule has 1 aromatic carbocycles. The van der Waals surface area contributed by atoms with Crippen molar-refractivity contribution in [2.45, 2.75) is 39.8 Å². The van der Waals surface area contributed by atoms with Gasteiger partial charge in [0.15, 0.2) is 22.3 Å².